The summed E-state index contributed by atoms with van der Waals surface area (Å²) in [6.45, 7) is 0. The fourth-order valence-electron chi connectivity index (χ4n) is 2.92. The highest BCUT2D eigenvalue weighted by Gasteiger charge is 2.34. The summed E-state index contributed by atoms with van der Waals surface area (Å²) in [4.78, 5) is 14.1. The molecule has 1 aliphatic heterocycles. The van der Waals surface area contributed by atoms with E-state index in [4.69, 9.17) is 16.3 Å². The van der Waals surface area contributed by atoms with Gasteiger partial charge in [-0.25, -0.2) is 4.39 Å². The maximum Gasteiger partial charge on any atom is 0.238 e. The number of rotatable bonds is 4. The molecule has 1 atom stereocenters. The molecule has 1 fully saturated rings. The van der Waals surface area contributed by atoms with Gasteiger partial charge in [-0.05, 0) is 66.2 Å². The molecular weight excluding hydrogens is 385 g/mol. The second kappa shape index (κ2) is 7.62. The molecule has 0 spiro atoms. The van der Waals surface area contributed by atoms with Crippen molar-refractivity contribution < 1.29 is 13.9 Å². The first-order valence-electron chi connectivity index (χ1n) is 8.33. The largest absolute Gasteiger partial charge is 0.457 e. The Morgan fingerprint density at radius 1 is 1.00 bits per heavy atom. The lowest BCUT2D eigenvalue weighted by molar-refractivity contribution is -0.115. The number of nitrogens with zero attached hydrogens (tertiary/aromatic N) is 1. The van der Waals surface area contributed by atoms with Crippen LogP contribution in [0.3, 0.4) is 0 Å². The number of anilines is 1. The molecular formula is C21H15ClFNO2S. The first kappa shape index (κ1) is 17.9. The lowest BCUT2D eigenvalue weighted by Crippen LogP contribution is -2.27. The number of hydrogen-bond donors (Lipinski definition) is 0. The molecule has 0 radical (unpaired) electrons. The molecule has 1 heterocycles. The smallest absolute Gasteiger partial charge is 0.238 e. The van der Waals surface area contributed by atoms with Gasteiger partial charge in [-0.2, -0.15) is 0 Å². The van der Waals surface area contributed by atoms with Gasteiger partial charge in [-0.3, -0.25) is 9.69 Å². The van der Waals surface area contributed by atoms with Crippen LogP contribution in [0, 0.1) is 5.82 Å². The summed E-state index contributed by atoms with van der Waals surface area (Å²) >= 11 is 7.37. The zero-order valence-corrected chi connectivity index (χ0v) is 15.7. The molecule has 136 valence electrons. The van der Waals surface area contributed by atoms with E-state index in [2.05, 4.69) is 0 Å². The van der Waals surface area contributed by atoms with E-state index >= 15 is 0 Å². The molecule has 3 nitrogen and oxygen atoms in total. The second-order valence-corrected chi connectivity index (χ2v) is 7.54. The van der Waals surface area contributed by atoms with Crippen LogP contribution < -0.4 is 9.64 Å². The average Bonchev–Trinajstić information content (AvgIpc) is 3.06. The van der Waals surface area contributed by atoms with Crippen molar-refractivity contribution in [3.8, 4) is 11.5 Å². The number of carbonyl (C=O) groups is 1. The van der Waals surface area contributed by atoms with Crippen LogP contribution in [0.5, 0.6) is 11.5 Å². The Morgan fingerprint density at radius 2 is 1.67 bits per heavy atom. The number of amides is 1. The maximum atomic E-state index is 13.6. The normalized spacial score (nSPS) is 16.6. The topological polar surface area (TPSA) is 29.5 Å². The predicted molar refractivity (Wildman–Crippen MR) is 107 cm³/mol. The molecule has 1 amide bonds. The third-order valence-electron chi connectivity index (χ3n) is 4.17. The van der Waals surface area contributed by atoms with Crippen molar-refractivity contribution >= 4 is 35.0 Å². The monoisotopic (exact) mass is 399 g/mol. The number of ether oxygens (including phenoxy) is 1. The first-order chi connectivity index (χ1) is 13.1. The van der Waals surface area contributed by atoms with Crippen LogP contribution in [0.15, 0.2) is 72.8 Å². The molecule has 0 unspecified atom stereocenters. The van der Waals surface area contributed by atoms with Crippen LogP contribution in [0.4, 0.5) is 10.1 Å². The van der Waals surface area contributed by atoms with Gasteiger partial charge in [-0.15, -0.1) is 11.8 Å². The molecule has 4 rings (SSSR count). The van der Waals surface area contributed by atoms with Gasteiger partial charge in [0.05, 0.1) is 5.75 Å². The van der Waals surface area contributed by atoms with Crippen molar-refractivity contribution in [2.24, 2.45) is 0 Å². The van der Waals surface area contributed by atoms with Crippen molar-refractivity contribution in [1.82, 2.24) is 0 Å². The van der Waals surface area contributed by atoms with Crippen LogP contribution >= 0.6 is 23.4 Å². The lowest BCUT2D eigenvalue weighted by Gasteiger charge is -2.24. The van der Waals surface area contributed by atoms with Gasteiger partial charge >= 0.3 is 0 Å². The molecule has 0 aromatic heterocycles. The van der Waals surface area contributed by atoms with E-state index < -0.39 is 0 Å². The van der Waals surface area contributed by atoms with Gasteiger partial charge in [0.25, 0.3) is 0 Å². The molecule has 3 aromatic rings. The van der Waals surface area contributed by atoms with Crippen LogP contribution in [0.25, 0.3) is 0 Å². The number of halogens is 2. The summed E-state index contributed by atoms with van der Waals surface area (Å²) in [5.41, 5.74) is 1.52. The fourth-order valence-corrected chi connectivity index (χ4v) is 4.22. The van der Waals surface area contributed by atoms with E-state index in [1.807, 2.05) is 30.3 Å². The van der Waals surface area contributed by atoms with E-state index in [0.717, 1.165) is 11.3 Å². The first-order valence-corrected chi connectivity index (χ1v) is 9.75. The second-order valence-electron chi connectivity index (χ2n) is 6.03. The Bertz CT molecular complexity index is 963. The van der Waals surface area contributed by atoms with Crippen LogP contribution in [-0.2, 0) is 4.79 Å². The molecule has 0 aliphatic carbocycles. The Morgan fingerprint density at radius 3 is 2.33 bits per heavy atom. The summed E-state index contributed by atoms with van der Waals surface area (Å²) < 4.78 is 19.4. The summed E-state index contributed by atoms with van der Waals surface area (Å²) in [5.74, 6) is 1.39. The van der Waals surface area contributed by atoms with E-state index in [1.54, 1.807) is 35.2 Å². The maximum absolute atomic E-state index is 13.6. The quantitative estimate of drug-likeness (QED) is 0.534. The Kier molecular flexibility index (Phi) is 5.05. The zero-order valence-electron chi connectivity index (χ0n) is 14.1. The van der Waals surface area contributed by atoms with E-state index in [0.29, 0.717) is 22.3 Å². The number of carbonyl (C=O) groups excluding carboxylic acids is 1. The predicted octanol–water partition coefficient (Wildman–Crippen LogP) is 6.05. The molecule has 0 bridgehead atoms. The lowest BCUT2D eigenvalue weighted by atomic mass is 10.2. The van der Waals surface area contributed by atoms with Crippen LogP contribution in [0.1, 0.15) is 10.9 Å². The Hall–Kier alpha value is -2.50. The van der Waals surface area contributed by atoms with Crippen molar-refractivity contribution in [1.29, 1.82) is 0 Å². The standard InChI is InChI=1S/C21H15ClFNO2S/c22-15-4-8-18(9-5-15)26-19-10-6-17(7-11-19)24-20(25)13-27-21(24)14-2-1-3-16(23)12-14/h1-12,21H,13H2/t21-/m0/s1. The number of benzene rings is 3. The fraction of sp³-hybridized carbons (Fsp3) is 0.0952. The highest BCUT2D eigenvalue weighted by Crippen LogP contribution is 2.42. The minimum absolute atomic E-state index is 0.000584. The summed E-state index contributed by atoms with van der Waals surface area (Å²) in [6, 6.07) is 20.8. The van der Waals surface area contributed by atoms with Crippen LogP contribution in [-0.4, -0.2) is 11.7 Å². The Balaban J connectivity index is 1.56. The summed E-state index contributed by atoms with van der Waals surface area (Å²) in [5, 5.41) is 0.405. The van der Waals surface area contributed by atoms with E-state index in [9.17, 15) is 9.18 Å². The van der Waals surface area contributed by atoms with E-state index in [1.165, 1.54) is 23.9 Å². The van der Waals surface area contributed by atoms with Gasteiger partial charge < -0.3 is 4.74 Å². The van der Waals surface area contributed by atoms with E-state index in [-0.39, 0.29) is 17.1 Å². The highest BCUT2D eigenvalue weighted by molar-refractivity contribution is 8.00. The van der Waals surface area contributed by atoms with Crippen molar-refractivity contribution in [3.05, 3.63) is 89.2 Å². The van der Waals surface area contributed by atoms with Gasteiger partial charge in [0.2, 0.25) is 5.91 Å². The zero-order chi connectivity index (χ0) is 18.8. The summed E-state index contributed by atoms with van der Waals surface area (Å²) in [7, 11) is 0. The van der Waals surface area contributed by atoms with Crippen LogP contribution in [0.2, 0.25) is 5.02 Å². The number of thioether (sulfide) groups is 1. The molecule has 0 N–H and O–H groups in total. The van der Waals surface area contributed by atoms with Crippen molar-refractivity contribution in [2.75, 3.05) is 10.7 Å². The minimum Gasteiger partial charge on any atom is -0.457 e. The highest BCUT2D eigenvalue weighted by atomic mass is 35.5. The van der Waals surface area contributed by atoms with Crippen molar-refractivity contribution in [3.63, 3.8) is 0 Å². The molecule has 1 saturated heterocycles. The minimum atomic E-state index is -0.306. The SMILES string of the molecule is O=C1CS[C@@H](c2cccc(F)c2)N1c1ccc(Oc2ccc(Cl)cc2)cc1. The number of hydrogen-bond acceptors (Lipinski definition) is 3. The molecule has 6 heteroatoms. The Labute approximate surface area is 165 Å². The molecule has 1 aliphatic rings. The molecule has 3 aromatic carbocycles. The molecule has 27 heavy (non-hydrogen) atoms. The third kappa shape index (κ3) is 3.94. The van der Waals surface area contributed by atoms with Crippen molar-refractivity contribution in [2.45, 2.75) is 5.37 Å². The average molecular weight is 400 g/mol. The summed E-state index contributed by atoms with van der Waals surface area (Å²) in [6.07, 6.45) is 0. The van der Waals surface area contributed by atoms with Gasteiger partial charge in [0, 0.05) is 10.7 Å². The third-order valence-corrected chi connectivity index (χ3v) is 5.63. The van der Waals surface area contributed by atoms with Gasteiger partial charge in [0.1, 0.15) is 22.7 Å². The molecule has 0 saturated carbocycles. The van der Waals surface area contributed by atoms with Gasteiger partial charge in [0.15, 0.2) is 0 Å². The van der Waals surface area contributed by atoms with Gasteiger partial charge in [-0.1, -0.05) is 23.7 Å².